The van der Waals surface area contributed by atoms with Crippen LogP contribution in [0.25, 0.3) is 0 Å². The molecule has 1 saturated heterocycles. The van der Waals surface area contributed by atoms with Crippen molar-refractivity contribution in [1.29, 1.82) is 0 Å². The first-order valence-corrected chi connectivity index (χ1v) is 6.35. The van der Waals surface area contributed by atoms with E-state index in [0.717, 1.165) is 19.3 Å². The summed E-state index contributed by atoms with van der Waals surface area (Å²) in [6, 6.07) is 0. The molecule has 1 aliphatic heterocycles. The lowest BCUT2D eigenvalue weighted by Gasteiger charge is -2.20. The van der Waals surface area contributed by atoms with E-state index in [-0.39, 0.29) is 4.75 Å². The summed E-state index contributed by atoms with van der Waals surface area (Å²) in [7, 11) is 0. The summed E-state index contributed by atoms with van der Waals surface area (Å²) >= 11 is 1.86. The maximum absolute atomic E-state index is 11.8. The van der Waals surface area contributed by atoms with Crippen molar-refractivity contribution in [2.75, 3.05) is 5.75 Å². The van der Waals surface area contributed by atoms with Crippen LogP contribution >= 0.6 is 11.8 Å². The molecule has 13 heavy (non-hydrogen) atoms. The van der Waals surface area contributed by atoms with Crippen molar-refractivity contribution in [2.45, 2.75) is 57.1 Å². The highest BCUT2D eigenvalue weighted by atomic mass is 32.2. The van der Waals surface area contributed by atoms with Crippen LogP contribution < -0.4 is 0 Å². The molecular formula is C11H20OS. The molecular weight excluding hydrogens is 180 g/mol. The van der Waals surface area contributed by atoms with E-state index in [1.54, 1.807) is 0 Å². The van der Waals surface area contributed by atoms with E-state index in [1.807, 2.05) is 11.8 Å². The predicted molar refractivity (Wildman–Crippen MR) is 59.2 cm³/mol. The van der Waals surface area contributed by atoms with Crippen molar-refractivity contribution in [1.82, 2.24) is 0 Å². The molecule has 0 amide bonds. The number of hydrogen-bond donors (Lipinski definition) is 0. The zero-order valence-electron chi connectivity index (χ0n) is 8.77. The molecule has 2 heteroatoms. The van der Waals surface area contributed by atoms with Gasteiger partial charge in [0.1, 0.15) is 5.78 Å². The Balaban J connectivity index is 2.29. The Hall–Kier alpha value is 0.0200. The minimum Gasteiger partial charge on any atom is -0.298 e. The molecule has 0 aromatic heterocycles. The number of hydrogen-bond acceptors (Lipinski definition) is 2. The van der Waals surface area contributed by atoms with E-state index in [9.17, 15) is 4.79 Å². The monoisotopic (exact) mass is 200 g/mol. The van der Waals surface area contributed by atoms with Crippen molar-refractivity contribution in [3.63, 3.8) is 0 Å². The number of rotatable bonds is 5. The van der Waals surface area contributed by atoms with Gasteiger partial charge in [-0.2, -0.15) is 0 Å². The fourth-order valence-corrected chi connectivity index (χ4v) is 3.09. The molecule has 1 heterocycles. The molecule has 1 atom stereocenters. The number of carbonyl (C=O) groups excluding carboxylic acids is 1. The SMILES string of the molecule is CCCCCC(=O)C1(C)CCCS1. The van der Waals surface area contributed by atoms with E-state index >= 15 is 0 Å². The van der Waals surface area contributed by atoms with Crippen LogP contribution in [0.5, 0.6) is 0 Å². The van der Waals surface area contributed by atoms with E-state index in [0.29, 0.717) is 5.78 Å². The first-order valence-electron chi connectivity index (χ1n) is 5.36. The third-order valence-corrected chi connectivity index (χ3v) is 4.38. The van der Waals surface area contributed by atoms with Gasteiger partial charge >= 0.3 is 0 Å². The fourth-order valence-electron chi connectivity index (χ4n) is 1.80. The van der Waals surface area contributed by atoms with Crippen LogP contribution in [0.2, 0.25) is 0 Å². The Morgan fingerprint density at radius 1 is 1.46 bits per heavy atom. The molecule has 0 spiro atoms. The molecule has 0 aliphatic carbocycles. The highest BCUT2D eigenvalue weighted by molar-refractivity contribution is 8.01. The summed E-state index contributed by atoms with van der Waals surface area (Å²) in [4.78, 5) is 11.8. The van der Waals surface area contributed by atoms with Crippen LogP contribution in [0.1, 0.15) is 52.4 Å². The normalized spacial score (nSPS) is 27.8. The summed E-state index contributed by atoms with van der Waals surface area (Å²) in [5.41, 5.74) is 0. The molecule has 0 aromatic carbocycles. The Morgan fingerprint density at radius 2 is 2.23 bits per heavy atom. The topological polar surface area (TPSA) is 17.1 Å². The lowest BCUT2D eigenvalue weighted by atomic mass is 9.96. The maximum atomic E-state index is 11.8. The van der Waals surface area contributed by atoms with Crippen LogP contribution in [0.15, 0.2) is 0 Å². The lowest BCUT2D eigenvalue weighted by Crippen LogP contribution is -2.28. The summed E-state index contributed by atoms with van der Waals surface area (Å²) in [6.07, 6.45) is 6.62. The minimum atomic E-state index is -0.0201. The van der Waals surface area contributed by atoms with E-state index < -0.39 is 0 Å². The van der Waals surface area contributed by atoms with Gasteiger partial charge in [-0.15, -0.1) is 11.8 Å². The average molecular weight is 200 g/mol. The molecule has 1 aliphatic rings. The second-order valence-corrected chi connectivity index (χ2v) is 5.66. The van der Waals surface area contributed by atoms with Gasteiger partial charge in [0.05, 0.1) is 4.75 Å². The number of carbonyl (C=O) groups is 1. The zero-order valence-corrected chi connectivity index (χ0v) is 9.58. The van der Waals surface area contributed by atoms with Crippen LogP contribution in [-0.4, -0.2) is 16.3 Å². The first kappa shape index (κ1) is 11.1. The average Bonchev–Trinajstić information content (AvgIpc) is 2.54. The van der Waals surface area contributed by atoms with Crippen LogP contribution in [0, 0.1) is 0 Å². The predicted octanol–water partition coefficient (Wildman–Crippen LogP) is 3.42. The van der Waals surface area contributed by atoms with Gasteiger partial charge in [-0.25, -0.2) is 0 Å². The molecule has 0 N–H and O–H groups in total. The smallest absolute Gasteiger partial charge is 0.148 e. The molecule has 0 radical (unpaired) electrons. The van der Waals surface area contributed by atoms with Gasteiger partial charge < -0.3 is 0 Å². The van der Waals surface area contributed by atoms with Gasteiger partial charge in [0.15, 0.2) is 0 Å². The van der Waals surface area contributed by atoms with Gasteiger partial charge in [0.2, 0.25) is 0 Å². The van der Waals surface area contributed by atoms with Crippen molar-refractivity contribution >= 4 is 17.5 Å². The second kappa shape index (κ2) is 5.04. The van der Waals surface area contributed by atoms with Crippen molar-refractivity contribution in [3.8, 4) is 0 Å². The highest BCUT2D eigenvalue weighted by Gasteiger charge is 2.35. The number of unbranched alkanes of at least 4 members (excludes halogenated alkanes) is 2. The Bertz CT molecular complexity index is 171. The minimum absolute atomic E-state index is 0.0201. The second-order valence-electron chi connectivity index (χ2n) is 4.06. The molecule has 1 unspecified atom stereocenters. The van der Waals surface area contributed by atoms with E-state index in [2.05, 4.69) is 13.8 Å². The molecule has 1 nitrogen and oxygen atoms in total. The van der Waals surface area contributed by atoms with Crippen LogP contribution in [0.3, 0.4) is 0 Å². The standard InChI is InChI=1S/C11H20OS/c1-3-4-5-7-10(12)11(2)8-6-9-13-11/h3-9H2,1-2H3. The van der Waals surface area contributed by atoms with Gasteiger partial charge in [-0.05, 0) is 31.9 Å². The van der Waals surface area contributed by atoms with Crippen LogP contribution in [0.4, 0.5) is 0 Å². The third-order valence-electron chi connectivity index (χ3n) is 2.82. The largest absolute Gasteiger partial charge is 0.298 e. The zero-order chi connectivity index (χ0) is 9.73. The van der Waals surface area contributed by atoms with Crippen molar-refractivity contribution < 1.29 is 4.79 Å². The summed E-state index contributed by atoms with van der Waals surface area (Å²) in [5.74, 6) is 1.67. The van der Waals surface area contributed by atoms with Gasteiger partial charge in [0.25, 0.3) is 0 Å². The summed E-state index contributed by atoms with van der Waals surface area (Å²) in [5, 5.41) is 0. The van der Waals surface area contributed by atoms with Crippen molar-refractivity contribution in [3.05, 3.63) is 0 Å². The summed E-state index contributed by atoms with van der Waals surface area (Å²) < 4.78 is -0.0201. The van der Waals surface area contributed by atoms with Crippen molar-refractivity contribution in [2.24, 2.45) is 0 Å². The number of Topliss-reactive ketones (excluding diaryl/α,β-unsaturated/α-hetero) is 1. The molecule has 0 bridgehead atoms. The Morgan fingerprint density at radius 3 is 2.77 bits per heavy atom. The molecule has 0 aromatic rings. The Kier molecular flexibility index (Phi) is 4.30. The van der Waals surface area contributed by atoms with Gasteiger partial charge in [0, 0.05) is 6.42 Å². The van der Waals surface area contributed by atoms with Crippen LogP contribution in [-0.2, 0) is 4.79 Å². The summed E-state index contributed by atoms with van der Waals surface area (Å²) in [6.45, 7) is 4.30. The fraction of sp³-hybridized carbons (Fsp3) is 0.909. The quantitative estimate of drug-likeness (QED) is 0.633. The number of ketones is 1. The maximum Gasteiger partial charge on any atom is 0.148 e. The van der Waals surface area contributed by atoms with E-state index in [4.69, 9.17) is 0 Å². The molecule has 0 saturated carbocycles. The highest BCUT2D eigenvalue weighted by Crippen LogP contribution is 2.39. The van der Waals surface area contributed by atoms with Gasteiger partial charge in [-0.3, -0.25) is 4.79 Å². The Labute approximate surface area is 85.7 Å². The first-order chi connectivity index (χ1) is 6.19. The molecule has 1 fully saturated rings. The van der Waals surface area contributed by atoms with Gasteiger partial charge in [-0.1, -0.05) is 19.8 Å². The molecule has 1 rings (SSSR count). The van der Waals surface area contributed by atoms with E-state index in [1.165, 1.54) is 25.0 Å². The lowest BCUT2D eigenvalue weighted by molar-refractivity contribution is -0.121. The third kappa shape index (κ3) is 3.01. The number of thioether (sulfide) groups is 1. The molecule has 76 valence electrons.